The molecule has 0 atom stereocenters. The molecule has 6 heteroatoms. The van der Waals surface area contributed by atoms with Gasteiger partial charge < -0.3 is 19.2 Å². The molecule has 0 unspecified atom stereocenters. The van der Waals surface area contributed by atoms with Gasteiger partial charge in [-0.25, -0.2) is 0 Å². The van der Waals surface area contributed by atoms with Crippen LogP contribution in [0.15, 0.2) is 47.1 Å². The molecule has 26 heavy (non-hydrogen) atoms. The predicted octanol–water partition coefficient (Wildman–Crippen LogP) is 3.70. The van der Waals surface area contributed by atoms with Crippen LogP contribution in [0.25, 0.3) is 0 Å². The van der Waals surface area contributed by atoms with Crippen LogP contribution in [0.1, 0.15) is 30.6 Å². The largest absolute Gasteiger partial charge is 0.467 e. The topological polar surface area (TPSA) is 60.7 Å². The zero-order valence-electron chi connectivity index (χ0n) is 14.7. The maximum atomic E-state index is 13.0. The highest BCUT2D eigenvalue weighted by atomic mass is 35.5. The molecule has 1 aliphatic heterocycles. The van der Waals surface area contributed by atoms with Crippen molar-refractivity contribution in [2.45, 2.75) is 31.3 Å². The Kier molecular flexibility index (Phi) is 6.72. The first-order valence-electron chi connectivity index (χ1n) is 8.93. The maximum absolute atomic E-state index is 13.0. The van der Waals surface area contributed by atoms with Crippen LogP contribution in [-0.4, -0.2) is 32.3 Å². The number of nitrogens with one attached hydrogen (secondary N) is 1. The lowest BCUT2D eigenvalue weighted by Crippen LogP contribution is -2.48. The van der Waals surface area contributed by atoms with Crippen molar-refractivity contribution >= 4 is 17.5 Å². The molecule has 0 aliphatic carbocycles. The summed E-state index contributed by atoms with van der Waals surface area (Å²) in [6, 6.07) is 11.3. The molecule has 0 radical (unpaired) electrons. The molecule has 1 amide bonds. The molecule has 1 N–H and O–H groups in total. The van der Waals surface area contributed by atoms with Crippen LogP contribution >= 0.6 is 11.6 Å². The Morgan fingerprint density at radius 1 is 1.23 bits per heavy atom. The molecule has 1 aliphatic rings. The average molecular weight is 378 g/mol. The molecule has 1 aromatic heterocycles. The van der Waals surface area contributed by atoms with Crippen molar-refractivity contribution < 1.29 is 18.7 Å². The molecule has 140 valence electrons. The Morgan fingerprint density at radius 3 is 2.81 bits per heavy atom. The Hall–Kier alpha value is -1.82. The van der Waals surface area contributed by atoms with Gasteiger partial charge in [-0.05, 0) is 49.1 Å². The van der Waals surface area contributed by atoms with Crippen molar-refractivity contribution in [3.05, 3.63) is 59.0 Å². The quantitative estimate of drug-likeness (QED) is 0.712. The summed E-state index contributed by atoms with van der Waals surface area (Å²) in [5.74, 6) is 0.838. The van der Waals surface area contributed by atoms with E-state index in [2.05, 4.69) is 5.32 Å². The number of hydrogen-bond acceptors (Lipinski definition) is 4. The normalized spacial score (nSPS) is 16.3. The fourth-order valence-corrected chi connectivity index (χ4v) is 3.46. The Balaban J connectivity index is 1.51. The fraction of sp³-hybridized carbons (Fsp3) is 0.450. The van der Waals surface area contributed by atoms with E-state index >= 15 is 0 Å². The number of halogens is 1. The van der Waals surface area contributed by atoms with Crippen LogP contribution in [0.5, 0.6) is 0 Å². The number of furan rings is 1. The van der Waals surface area contributed by atoms with E-state index in [9.17, 15) is 4.79 Å². The van der Waals surface area contributed by atoms with E-state index in [1.54, 1.807) is 6.26 Å². The van der Waals surface area contributed by atoms with Crippen LogP contribution in [0, 0.1) is 0 Å². The third-order valence-electron chi connectivity index (χ3n) is 4.73. The molecule has 5 nitrogen and oxygen atoms in total. The number of carbonyl (C=O) groups excluding carboxylic acids is 1. The van der Waals surface area contributed by atoms with Gasteiger partial charge in [0.2, 0.25) is 5.91 Å². The summed E-state index contributed by atoms with van der Waals surface area (Å²) in [6.45, 7) is 2.73. The van der Waals surface area contributed by atoms with Crippen molar-refractivity contribution in [2.24, 2.45) is 0 Å². The summed E-state index contributed by atoms with van der Waals surface area (Å²) in [4.78, 5) is 13.0. The van der Waals surface area contributed by atoms with Crippen molar-refractivity contribution in [1.29, 1.82) is 0 Å². The maximum Gasteiger partial charge on any atom is 0.230 e. The number of benzene rings is 1. The van der Waals surface area contributed by atoms with E-state index in [1.165, 1.54) is 0 Å². The zero-order valence-corrected chi connectivity index (χ0v) is 15.5. The summed E-state index contributed by atoms with van der Waals surface area (Å²) in [6.07, 6.45) is 3.69. The van der Waals surface area contributed by atoms with Crippen LogP contribution in [-0.2, 0) is 26.3 Å². The fourth-order valence-electron chi connectivity index (χ4n) is 3.27. The Morgan fingerprint density at radius 2 is 2.08 bits per heavy atom. The highest BCUT2D eigenvalue weighted by Crippen LogP contribution is 2.36. The van der Waals surface area contributed by atoms with E-state index < -0.39 is 5.41 Å². The van der Waals surface area contributed by atoms with Crippen molar-refractivity contribution in [3.8, 4) is 0 Å². The Labute approximate surface area is 158 Å². The van der Waals surface area contributed by atoms with Gasteiger partial charge in [0.25, 0.3) is 0 Å². The smallest absolute Gasteiger partial charge is 0.230 e. The summed E-state index contributed by atoms with van der Waals surface area (Å²) < 4.78 is 16.2. The van der Waals surface area contributed by atoms with Gasteiger partial charge in [0, 0.05) is 31.4 Å². The molecular weight excluding hydrogens is 354 g/mol. The second-order valence-corrected chi connectivity index (χ2v) is 6.88. The molecule has 3 rings (SSSR count). The van der Waals surface area contributed by atoms with Crippen molar-refractivity contribution in [1.82, 2.24) is 5.32 Å². The lowest BCUT2D eigenvalue weighted by atomic mass is 9.73. The molecule has 1 fully saturated rings. The van der Waals surface area contributed by atoms with E-state index in [4.69, 9.17) is 25.5 Å². The van der Waals surface area contributed by atoms with Gasteiger partial charge in [-0.1, -0.05) is 23.7 Å². The number of amides is 1. The summed E-state index contributed by atoms with van der Waals surface area (Å²) in [7, 11) is 0. The van der Waals surface area contributed by atoms with Gasteiger partial charge in [-0.2, -0.15) is 0 Å². The van der Waals surface area contributed by atoms with Crippen molar-refractivity contribution in [2.75, 3.05) is 26.4 Å². The van der Waals surface area contributed by atoms with Crippen LogP contribution in [0.3, 0.4) is 0 Å². The number of rotatable bonds is 8. The predicted molar refractivity (Wildman–Crippen MR) is 99.2 cm³/mol. The molecular formula is C20H24ClNO4. The third-order valence-corrected chi connectivity index (χ3v) is 4.97. The number of carbonyl (C=O) groups is 1. The highest BCUT2D eigenvalue weighted by Gasteiger charge is 2.41. The first-order valence-corrected chi connectivity index (χ1v) is 9.31. The third kappa shape index (κ3) is 4.67. The monoisotopic (exact) mass is 377 g/mol. The SMILES string of the molecule is O=C(NCCCOCc1ccco1)C1(c2cccc(Cl)c2)CCOCC1. The van der Waals surface area contributed by atoms with Gasteiger partial charge in [-0.3, -0.25) is 4.79 Å². The van der Waals surface area contributed by atoms with Crippen LogP contribution < -0.4 is 5.32 Å². The van der Waals surface area contributed by atoms with E-state index in [0.29, 0.717) is 50.8 Å². The van der Waals surface area contributed by atoms with Gasteiger partial charge >= 0.3 is 0 Å². The standard InChI is InChI=1S/C20H24ClNO4/c21-17-5-1-4-16(14-17)20(7-12-24-13-8-20)19(23)22-9-3-10-25-15-18-6-2-11-26-18/h1-2,4-6,11,14H,3,7-10,12-13,15H2,(H,22,23). The van der Waals surface area contributed by atoms with Gasteiger partial charge in [0.1, 0.15) is 12.4 Å². The summed E-state index contributed by atoms with van der Waals surface area (Å²) >= 11 is 6.15. The minimum Gasteiger partial charge on any atom is -0.467 e. The zero-order chi connectivity index (χ0) is 18.2. The lowest BCUT2D eigenvalue weighted by Gasteiger charge is -2.36. The molecule has 1 saturated heterocycles. The second kappa shape index (κ2) is 9.21. The number of ether oxygens (including phenoxy) is 2. The summed E-state index contributed by atoms with van der Waals surface area (Å²) in [5.41, 5.74) is 0.387. The minimum atomic E-state index is -0.571. The van der Waals surface area contributed by atoms with Crippen LogP contribution in [0.2, 0.25) is 5.02 Å². The first kappa shape index (κ1) is 19.0. The lowest BCUT2D eigenvalue weighted by molar-refractivity contribution is -0.130. The van der Waals surface area contributed by atoms with Gasteiger partial charge in [0.05, 0.1) is 11.7 Å². The molecule has 2 aromatic rings. The highest BCUT2D eigenvalue weighted by molar-refractivity contribution is 6.30. The minimum absolute atomic E-state index is 0.0362. The Bertz CT molecular complexity index is 696. The number of hydrogen-bond donors (Lipinski definition) is 1. The van der Waals surface area contributed by atoms with Gasteiger partial charge in [0.15, 0.2) is 0 Å². The van der Waals surface area contributed by atoms with E-state index in [0.717, 1.165) is 17.7 Å². The van der Waals surface area contributed by atoms with Crippen molar-refractivity contribution in [3.63, 3.8) is 0 Å². The molecule has 0 saturated carbocycles. The second-order valence-electron chi connectivity index (χ2n) is 6.45. The summed E-state index contributed by atoms with van der Waals surface area (Å²) in [5, 5.41) is 3.71. The molecule has 0 bridgehead atoms. The van der Waals surface area contributed by atoms with E-state index in [-0.39, 0.29) is 5.91 Å². The first-order chi connectivity index (χ1) is 12.7. The molecule has 2 heterocycles. The average Bonchev–Trinajstić information content (AvgIpc) is 3.18. The molecule has 0 spiro atoms. The van der Waals surface area contributed by atoms with Crippen LogP contribution in [0.4, 0.5) is 0 Å². The van der Waals surface area contributed by atoms with Gasteiger partial charge in [-0.15, -0.1) is 0 Å². The van der Waals surface area contributed by atoms with E-state index in [1.807, 2.05) is 36.4 Å². The molecule has 1 aromatic carbocycles.